The van der Waals surface area contributed by atoms with Crippen LogP contribution in [0.5, 0.6) is 0 Å². The van der Waals surface area contributed by atoms with Crippen LogP contribution in [0.2, 0.25) is 0 Å². The number of carbonyl (C=O) groups is 2. The topological polar surface area (TPSA) is 73.9 Å². The van der Waals surface area contributed by atoms with E-state index in [-0.39, 0.29) is 18.6 Å². The molecule has 1 amide bonds. The Morgan fingerprint density at radius 1 is 1.32 bits per heavy atom. The Morgan fingerprint density at radius 2 is 2.00 bits per heavy atom. The molecule has 1 saturated heterocycles. The van der Waals surface area contributed by atoms with E-state index in [2.05, 4.69) is 5.32 Å². The van der Waals surface area contributed by atoms with Crippen LogP contribution in [0.15, 0.2) is 30.3 Å². The molecular weight excluding hydrogens is 286 g/mol. The number of nitrogens with one attached hydrogen (secondary N) is 1. The molecule has 1 N–H and O–H groups in total. The Bertz CT molecular complexity index is 517. The smallest absolute Gasteiger partial charge is 0.336 e. The van der Waals surface area contributed by atoms with E-state index < -0.39 is 24.4 Å². The molecule has 0 unspecified atom stereocenters. The predicted octanol–water partition coefficient (Wildman–Crippen LogP) is 1.56. The molecule has 1 aliphatic heterocycles. The molecule has 22 heavy (non-hydrogen) atoms. The summed E-state index contributed by atoms with van der Waals surface area (Å²) >= 11 is 0. The fraction of sp³-hybridized carbons (Fsp3) is 0.500. The Labute approximate surface area is 129 Å². The van der Waals surface area contributed by atoms with E-state index in [1.807, 2.05) is 32.0 Å². The second-order valence-electron chi connectivity index (χ2n) is 5.22. The normalized spacial score (nSPS) is 24.9. The van der Waals surface area contributed by atoms with Gasteiger partial charge in [0.05, 0.1) is 12.7 Å². The lowest BCUT2D eigenvalue weighted by atomic mass is 9.91. The number of carbonyl (C=O) groups excluding carboxylic acids is 2. The summed E-state index contributed by atoms with van der Waals surface area (Å²) in [6, 6.07) is 9.02. The summed E-state index contributed by atoms with van der Waals surface area (Å²) in [7, 11) is 0. The van der Waals surface area contributed by atoms with Crippen molar-refractivity contribution in [1.29, 1.82) is 0 Å². The number of amides is 1. The minimum Gasteiger partial charge on any atom is -0.464 e. The lowest BCUT2D eigenvalue weighted by Gasteiger charge is -2.35. The summed E-state index contributed by atoms with van der Waals surface area (Å²) in [6.07, 6.45) is -2.14. The highest BCUT2D eigenvalue weighted by molar-refractivity contribution is 5.92. The summed E-state index contributed by atoms with van der Waals surface area (Å²) in [4.78, 5) is 24.6. The summed E-state index contributed by atoms with van der Waals surface area (Å²) in [5.41, 5.74) is 0.695. The van der Waals surface area contributed by atoms with E-state index >= 15 is 0 Å². The standard InChI is InChI=1S/C16H21NO5/c1-4-20-15(19)13-12(11-8-6-5-7-9-11)14(18)17-16(22-13)21-10(2)3/h5-10,12-13,16H,4H2,1-3H3,(H,17,18)/t12-,13+,16+/m0/s1. The van der Waals surface area contributed by atoms with Gasteiger partial charge in [0.25, 0.3) is 0 Å². The minimum atomic E-state index is -1.03. The Kier molecular flexibility index (Phi) is 5.51. The SMILES string of the molecule is CCOC(=O)[C@@H]1O[C@@H](OC(C)C)NC(=O)[C@H]1c1ccccc1. The van der Waals surface area contributed by atoms with E-state index in [0.29, 0.717) is 5.56 Å². The molecule has 1 aromatic carbocycles. The maximum atomic E-state index is 12.4. The Morgan fingerprint density at radius 3 is 2.59 bits per heavy atom. The van der Waals surface area contributed by atoms with Crippen molar-refractivity contribution >= 4 is 11.9 Å². The first-order valence-electron chi connectivity index (χ1n) is 7.35. The van der Waals surface area contributed by atoms with Crippen LogP contribution in [0.3, 0.4) is 0 Å². The molecule has 1 heterocycles. The third-order valence-electron chi connectivity index (χ3n) is 3.19. The molecule has 120 valence electrons. The van der Waals surface area contributed by atoms with Crippen LogP contribution in [-0.2, 0) is 23.8 Å². The van der Waals surface area contributed by atoms with Crippen LogP contribution in [0, 0.1) is 0 Å². The van der Waals surface area contributed by atoms with Gasteiger partial charge in [-0.1, -0.05) is 30.3 Å². The average Bonchev–Trinajstić information content (AvgIpc) is 2.47. The molecule has 6 nitrogen and oxygen atoms in total. The molecule has 0 aromatic heterocycles. The van der Waals surface area contributed by atoms with Gasteiger partial charge in [0.1, 0.15) is 5.92 Å². The first-order chi connectivity index (χ1) is 10.5. The van der Waals surface area contributed by atoms with Crippen molar-refractivity contribution in [3.63, 3.8) is 0 Å². The first kappa shape index (κ1) is 16.5. The van der Waals surface area contributed by atoms with Crippen molar-refractivity contribution in [2.75, 3.05) is 6.61 Å². The molecule has 0 radical (unpaired) electrons. The summed E-state index contributed by atoms with van der Waals surface area (Å²) in [6.45, 7) is 5.56. The van der Waals surface area contributed by atoms with Crippen molar-refractivity contribution in [1.82, 2.24) is 5.32 Å². The monoisotopic (exact) mass is 307 g/mol. The summed E-state index contributed by atoms with van der Waals surface area (Å²) in [5.74, 6) is -1.64. The lowest BCUT2D eigenvalue weighted by Crippen LogP contribution is -2.55. The van der Waals surface area contributed by atoms with Crippen LogP contribution in [0.1, 0.15) is 32.3 Å². The molecule has 1 aliphatic rings. The van der Waals surface area contributed by atoms with Gasteiger partial charge < -0.3 is 19.5 Å². The van der Waals surface area contributed by atoms with Crippen molar-refractivity contribution < 1.29 is 23.8 Å². The van der Waals surface area contributed by atoms with Crippen LogP contribution < -0.4 is 5.32 Å². The third-order valence-corrected chi connectivity index (χ3v) is 3.19. The average molecular weight is 307 g/mol. The van der Waals surface area contributed by atoms with Gasteiger partial charge in [0, 0.05) is 0 Å². The van der Waals surface area contributed by atoms with Gasteiger partial charge in [0.15, 0.2) is 6.10 Å². The first-order valence-corrected chi connectivity index (χ1v) is 7.35. The zero-order valence-electron chi connectivity index (χ0n) is 12.9. The van der Waals surface area contributed by atoms with E-state index in [1.54, 1.807) is 19.1 Å². The van der Waals surface area contributed by atoms with Crippen molar-refractivity contribution in [3.05, 3.63) is 35.9 Å². The second-order valence-corrected chi connectivity index (χ2v) is 5.22. The Balaban J connectivity index is 2.26. The number of esters is 1. The molecule has 1 aromatic rings. The molecule has 0 bridgehead atoms. The zero-order valence-corrected chi connectivity index (χ0v) is 12.9. The number of hydrogen-bond acceptors (Lipinski definition) is 5. The van der Waals surface area contributed by atoms with Crippen molar-refractivity contribution in [3.8, 4) is 0 Å². The van der Waals surface area contributed by atoms with Crippen LogP contribution in [0.25, 0.3) is 0 Å². The highest BCUT2D eigenvalue weighted by atomic mass is 16.7. The van der Waals surface area contributed by atoms with Crippen molar-refractivity contribution in [2.45, 2.75) is 45.3 Å². The van der Waals surface area contributed by atoms with Crippen LogP contribution in [0.4, 0.5) is 0 Å². The molecule has 6 heteroatoms. The maximum absolute atomic E-state index is 12.4. The van der Waals surface area contributed by atoms with Gasteiger partial charge in [-0.25, -0.2) is 4.79 Å². The molecular formula is C16H21NO5. The fourth-order valence-corrected chi connectivity index (χ4v) is 2.31. The van der Waals surface area contributed by atoms with Gasteiger partial charge in [-0.2, -0.15) is 0 Å². The third kappa shape index (κ3) is 3.84. The van der Waals surface area contributed by atoms with E-state index in [1.165, 1.54) is 0 Å². The largest absolute Gasteiger partial charge is 0.464 e. The molecule has 2 rings (SSSR count). The Hall–Kier alpha value is -1.92. The quantitative estimate of drug-likeness (QED) is 0.836. The predicted molar refractivity (Wildman–Crippen MR) is 78.8 cm³/mol. The lowest BCUT2D eigenvalue weighted by molar-refractivity contribution is -0.231. The van der Waals surface area contributed by atoms with Gasteiger partial charge in [0.2, 0.25) is 12.3 Å². The van der Waals surface area contributed by atoms with Gasteiger partial charge in [-0.3, -0.25) is 4.79 Å². The van der Waals surface area contributed by atoms with Gasteiger partial charge in [-0.05, 0) is 26.3 Å². The zero-order chi connectivity index (χ0) is 16.1. The molecule has 0 aliphatic carbocycles. The fourth-order valence-electron chi connectivity index (χ4n) is 2.31. The van der Waals surface area contributed by atoms with Crippen LogP contribution in [-0.4, -0.2) is 37.1 Å². The maximum Gasteiger partial charge on any atom is 0.336 e. The van der Waals surface area contributed by atoms with E-state index in [9.17, 15) is 9.59 Å². The minimum absolute atomic E-state index is 0.151. The van der Waals surface area contributed by atoms with Gasteiger partial charge >= 0.3 is 5.97 Å². The number of ether oxygens (including phenoxy) is 3. The van der Waals surface area contributed by atoms with Crippen molar-refractivity contribution in [2.24, 2.45) is 0 Å². The number of hydrogen-bond donors (Lipinski definition) is 1. The van der Waals surface area contributed by atoms with E-state index in [4.69, 9.17) is 14.2 Å². The summed E-state index contributed by atoms with van der Waals surface area (Å²) in [5, 5.41) is 2.63. The second kappa shape index (κ2) is 7.38. The highest BCUT2D eigenvalue weighted by Crippen LogP contribution is 2.28. The van der Waals surface area contributed by atoms with Crippen LogP contribution >= 0.6 is 0 Å². The number of benzene rings is 1. The number of rotatable bonds is 5. The molecule has 0 spiro atoms. The molecule has 3 atom stereocenters. The van der Waals surface area contributed by atoms with E-state index in [0.717, 1.165) is 0 Å². The van der Waals surface area contributed by atoms with Gasteiger partial charge in [-0.15, -0.1) is 0 Å². The molecule has 0 saturated carbocycles. The summed E-state index contributed by atoms with van der Waals surface area (Å²) < 4.78 is 16.1. The highest BCUT2D eigenvalue weighted by Gasteiger charge is 2.44. The molecule has 1 fully saturated rings.